The van der Waals surface area contributed by atoms with Gasteiger partial charge in [-0.2, -0.15) is 5.10 Å². The first-order valence-electron chi connectivity index (χ1n) is 7.98. The van der Waals surface area contributed by atoms with Crippen molar-refractivity contribution in [3.05, 3.63) is 54.2 Å². The van der Waals surface area contributed by atoms with Gasteiger partial charge in [-0.15, -0.1) is 0 Å². The second-order valence-corrected chi connectivity index (χ2v) is 7.34. The van der Waals surface area contributed by atoms with Gasteiger partial charge in [0.2, 0.25) is 10.0 Å². The number of nitrogens with zero attached hydrogens (tertiary/aromatic N) is 2. The van der Waals surface area contributed by atoms with Crippen molar-refractivity contribution in [2.45, 2.75) is 11.3 Å². The minimum Gasteiger partial charge on any atom is -0.493 e. The van der Waals surface area contributed by atoms with Crippen molar-refractivity contribution < 1.29 is 26.7 Å². The predicted molar refractivity (Wildman–Crippen MR) is 98.4 cm³/mol. The second kappa shape index (κ2) is 7.56. The molecule has 2 N–H and O–H groups in total. The summed E-state index contributed by atoms with van der Waals surface area (Å²) in [6.45, 7) is 0. The Kier molecular flexibility index (Phi) is 5.34. The summed E-state index contributed by atoms with van der Waals surface area (Å²) >= 11 is 0. The van der Waals surface area contributed by atoms with Gasteiger partial charge in [-0.3, -0.25) is 0 Å². The van der Waals surface area contributed by atoms with Gasteiger partial charge in [0.15, 0.2) is 11.5 Å². The summed E-state index contributed by atoms with van der Waals surface area (Å²) in [7, 11) is -0.912. The molecule has 0 atom stereocenters. The third-order valence-corrected chi connectivity index (χ3v) is 4.97. The van der Waals surface area contributed by atoms with Gasteiger partial charge in [0.1, 0.15) is 5.69 Å². The molecule has 0 spiro atoms. The van der Waals surface area contributed by atoms with Crippen molar-refractivity contribution in [1.29, 1.82) is 0 Å². The Hall–Kier alpha value is -2.98. The van der Waals surface area contributed by atoms with Crippen LogP contribution in [0.3, 0.4) is 0 Å². The van der Waals surface area contributed by atoms with Gasteiger partial charge in [-0.05, 0) is 48.5 Å². The van der Waals surface area contributed by atoms with Gasteiger partial charge in [0.25, 0.3) is 6.43 Å². The van der Waals surface area contributed by atoms with Crippen LogP contribution in [0.5, 0.6) is 11.5 Å². The van der Waals surface area contributed by atoms with Crippen LogP contribution in [0.15, 0.2) is 53.4 Å². The van der Waals surface area contributed by atoms with Crippen LogP contribution in [0.4, 0.5) is 8.78 Å². The second-order valence-electron chi connectivity index (χ2n) is 5.78. The zero-order valence-electron chi connectivity index (χ0n) is 15.0. The van der Waals surface area contributed by atoms with Crippen LogP contribution in [0.25, 0.3) is 16.9 Å². The third-order valence-electron chi connectivity index (χ3n) is 4.04. The van der Waals surface area contributed by atoms with Crippen LogP contribution in [-0.2, 0) is 10.0 Å². The summed E-state index contributed by atoms with van der Waals surface area (Å²) in [5.41, 5.74) is 0.913. The van der Waals surface area contributed by atoms with Crippen LogP contribution >= 0.6 is 0 Å². The molecule has 0 aliphatic rings. The number of alkyl halides is 2. The average molecular weight is 409 g/mol. The Bertz CT molecular complexity index is 1100. The number of hydrogen-bond donors (Lipinski definition) is 1. The summed E-state index contributed by atoms with van der Waals surface area (Å²) in [6.07, 6.45) is -2.77. The number of aromatic nitrogens is 2. The van der Waals surface area contributed by atoms with Gasteiger partial charge >= 0.3 is 0 Å². The smallest absolute Gasteiger partial charge is 0.282 e. The van der Waals surface area contributed by atoms with E-state index in [2.05, 4.69) is 5.10 Å². The van der Waals surface area contributed by atoms with E-state index in [9.17, 15) is 17.2 Å². The van der Waals surface area contributed by atoms with E-state index >= 15 is 0 Å². The highest BCUT2D eigenvalue weighted by atomic mass is 32.2. The molecule has 1 aromatic heterocycles. The van der Waals surface area contributed by atoms with E-state index in [0.717, 1.165) is 0 Å². The fourth-order valence-corrected chi connectivity index (χ4v) is 3.20. The molecule has 10 heteroatoms. The highest BCUT2D eigenvalue weighted by Crippen LogP contribution is 2.34. The molecule has 3 rings (SSSR count). The highest BCUT2D eigenvalue weighted by Gasteiger charge is 2.19. The minimum absolute atomic E-state index is 0.0924. The van der Waals surface area contributed by atoms with E-state index in [-0.39, 0.29) is 4.90 Å². The Balaban J connectivity index is 2.15. The lowest BCUT2D eigenvalue weighted by atomic mass is 10.1. The third kappa shape index (κ3) is 3.82. The molecule has 0 aliphatic heterocycles. The molecule has 148 valence electrons. The number of nitrogens with two attached hydrogens (primary N) is 1. The van der Waals surface area contributed by atoms with E-state index < -0.39 is 22.1 Å². The number of primary sulfonamides is 1. The molecule has 28 heavy (non-hydrogen) atoms. The minimum atomic E-state index is -3.87. The summed E-state index contributed by atoms with van der Waals surface area (Å²) in [6, 6.07) is 11.7. The summed E-state index contributed by atoms with van der Waals surface area (Å²) in [4.78, 5) is -0.0924. The van der Waals surface area contributed by atoms with Crippen molar-refractivity contribution >= 4 is 10.0 Å². The van der Waals surface area contributed by atoms with Crippen molar-refractivity contribution in [2.24, 2.45) is 5.14 Å². The molecule has 2 aromatic carbocycles. The van der Waals surface area contributed by atoms with Gasteiger partial charge < -0.3 is 9.47 Å². The molecule has 0 radical (unpaired) electrons. The first kappa shape index (κ1) is 19.8. The molecule has 0 bridgehead atoms. The Morgan fingerprint density at radius 1 is 1.00 bits per heavy atom. The van der Waals surface area contributed by atoms with Crippen LogP contribution < -0.4 is 14.6 Å². The molecule has 7 nitrogen and oxygen atoms in total. The first-order valence-corrected chi connectivity index (χ1v) is 9.53. The van der Waals surface area contributed by atoms with Gasteiger partial charge in [0, 0.05) is 5.56 Å². The maximum Gasteiger partial charge on any atom is 0.282 e. The standard InChI is InChI=1S/C18H17F2N3O4S/c1-26-16-8-3-11(9-17(16)27-2)15-10-14(18(19)20)22-23(15)12-4-6-13(7-5-12)28(21,24)25/h3-10,18H,1-2H3,(H2,21,24,25). The summed E-state index contributed by atoms with van der Waals surface area (Å²) in [5.74, 6) is 0.917. The first-order chi connectivity index (χ1) is 13.2. The number of benzene rings is 2. The number of rotatable bonds is 6. The lowest BCUT2D eigenvalue weighted by Crippen LogP contribution is -2.12. The van der Waals surface area contributed by atoms with Gasteiger partial charge in [0.05, 0.1) is 30.5 Å². The number of halogens is 2. The number of hydrogen-bond acceptors (Lipinski definition) is 5. The maximum atomic E-state index is 13.3. The largest absolute Gasteiger partial charge is 0.493 e. The SMILES string of the molecule is COc1ccc(-c2cc(C(F)F)nn2-c2ccc(S(N)(=O)=O)cc2)cc1OC. The molecule has 0 amide bonds. The van der Waals surface area contributed by atoms with Crippen LogP contribution in [-0.4, -0.2) is 32.4 Å². The average Bonchev–Trinajstić information content (AvgIpc) is 3.12. The Labute approximate surface area is 160 Å². The molecular weight excluding hydrogens is 392 g/mol. The van der Waals surface area contributed by atoms with E-state index in [0.29, 0.717) is 28.4 Å². The maximum absolute atomic E-state index is 13.3. The van der Waals surface area contributed by atoms with Crippen molar-refractivity contribution in [3.63, 3.8) is 0 Å². The lowest BCUT2D eigenvalue weighted by Gasteiger charge is -2.11. The van der Waals surface area contributed by atoms with Crippen molar-refractivity contribution in [1.82, 2.24) is 9.78 Å². The van der Waals surface area contributed by atoms with Gasteiger partial charge in [-0.1, -0.05) is 0 Å². The topological polar surface area (TPSA) is 96.4 Å². The number of sulfonamides is 1. The van der Waals surface area contributed by atoms with Crippen LogP contribution in [0.1, 0.15) is 12.1 Å². The van der Waals surface area contributed by atoms with Crippen LogP contribution in [0, 0.1) is 0 Å². The Morgan fingerprint density at radius 3 is 2.18 bits per heavy atom. The number of ether oxygens (including phenoxy) is 2. The van der Waals surface area contributed by atoms with E-state index in [4.69, 9.17) is 14.6 Å². The molecule has 0 aliphatic carbocycles. The normalized spacial score (nSPS) is 11.6. The fraction of sp³-hybridized carbons (Fsp3) is 0.167. The summed E-state index contributed by atoms with van der Waals surface area (Å²) in [5, 5.41) is 9.05. The monoisotopic (exact) mass is 409 g/mol. The van der Waals surface area contributed by atoms with Crippen molar-refractivity contribution in [3.8, 4) is 28.4 Å². The zero-order valence-corrected chi connectivity index (χ0v) is 15.8. The van der Waals surface area contributed by atoms with Crippen LogP contribution in [0.2, 0.25) is 0 Å². The van der Waals surface area contributed by atoms with E-state index in [1.807, 2.05) is 0 Å². The molecular formula is C18H17F2N3O4S. The molecule has 0 unspecified atom stereocenters. The highest BCUT2D eigenvalue weighted by molar-refractivity contribution is 7.89. The molecule has 0 saturated carbocycles. The Morgan fingerprint density at radius 2 is 1.64 bits per heavy atom. The number of methoxy groups -OCH3 is 2. The molecule has 0 fully saturated rings. The predicted octanol–water partition coefficient (Wildman–Crippen LogP) is 3.14. The van der Waals surface area contributed by atoms with E-state index in [1.165, 1.54) is 49.2 Å². The lowest BCUT2D eigenvalue weighted by molar-refractivity contribution is 0.145. The van der Waals surface area contributed by atoms with Crippen molar-refractivity contribution in [2.75, 3.05) is 14.2 Å². The molecule has 0 saturated heterocycles. The quantitative estimate of drug-likeness (QED) is 0.675. The molecule has 1 heterocycles. The fourth-order valence-electron chi connectivity index (χ4n) is 2.68. The molecule has 3 aromatic rings. The van der Waals surface area contributed by atoms with E-state index in [1.54, 1.807) is 18.2 Å². The zero-order chi connectivity index (χ0) is 20.5. The summed E-state index contributed by atoms with van der Waals surface area (Å²) < 4.78 is 61.1. The van der Waals surface area contributed by atoms with Gasteiger partial charge in [-0.25, -0.2) is 27.0 Å².